The van der Waals surface area contributed by atoms with Crippen molar-refractivity contribution < 1.29 is 14.2 Å². The van der Waals surface area contributed by atoms with Gasteiger partial charge in [0.25, 0.3) is 0 Å². The van der Waals surface area contributed by atoms with E-state index in [1.165, 1.54) is 0 Å². The lowest BCUT2D eigenvalue weighted by Gasteiger charge is -2.09. The Hall–Kier alpha value is -2.89. The number of hydrogen-bond acceptors (Lipinski definition) is 5. The van der Waals surface area contributed by atoms with Crippen molar-refractivity contribution in [2.45, 2.75) is 19.9 Å². The summed E-state index contributed by atoms with van der Waals surface area (Å²) in [7, 11) is 0. The third-order valence-corrected chi connectivity index (χ3v) is 4.09. The lowest BCUT2D eigenvalue weighted by atomic mass is 10.2. The van der Waals surface area contributed by atoms with Crippen LogP contribution < -0.4 is 19.9 Å². The second-order valence-corrected chi connectivity index (χ2v) is 5.78. The molecular weight excluding hydrogens is 306 g/mol. The molecule has 3 aromatic rings. The first-order valence-electron chi connectivity index (χ1n) is 7.95. The molecule has 0 fully saturated rings. The fourth-order valence-electron chi connectivity index (χ4n) is 2.93. The average molecular weight is 325 g/mol. The number of anilines is 1. The molecule has 0 unspecified atom stereocenters. The molecule has 4 rings (SSSR count). The summed E-state index contributed by atoms with van der Waals surface area (Å²) in [5.41, 5.74) is 8.44. The van der Waals surface area contributed by atoms with E-state index in [9.17, 15) is 0 Å². The lowest BCUT2D eigenvalue weighted by molar-refractivity contribution is 0.174. The Kier molecular flexibility index (Phi) is 3.65. The van der Waals surface area contributed by atoms with E-state index in [1.54, 1.807) is 0 Å². The molecule has 124 valence electrons. The number of imidazole rings is 1. The fourth-order valence-corrected chi connectivity index (χ4v) is 2.93. The molecular formula is C18H19N3O3. The molecule has 0 atom stereocenters. The largest absolute Gasteiger partial charge is 0.493 e. The van der Waals surface area contributed by atoms with Crippen LogP contribution in [0.25, 0.3) is 11.0 Å². The van der Waals surface area contributed by atoms with Crippen LogP contribution in [0.1, 0.15) is 12.2 Å². The molecule has 6 nitrogen and oxygen atoms in total. The van der Waals surface area contributed by atoms with Gasteiger partial charge < -0.3 is 24.5 Å². The summed E-state index contributed by atoms with van der Waals surface area (Å²) < 4.78 is 18.8. The molecule has 1 aliphatic rings. The Morgan fingerprint density at radius 2 is 2.04 bits per heavy atom. The van der Waals surface area contributed by atoms with E-state index in [1.807, 2.05) is 43.3 Å². The van der Waals surface area contributed by atoms with Gasteiger partial charge in [-0.3, -0.25) is 0 Å². The molecule has 0 saturated carbocycles. The Morgan fingerprint density at radius 1 is 1.21 bits per heavy atom. The first kappa shape index (κ1) is 14.7. The van der Waals surface area contributed by atoms with E-state index in [2.05, 4.69) is 9.55 Å². The number of aromatic nitrogens is 2. The standard InChI is InChI=1S/C18H19N3O3/c1-12-20-15-9-17-18(24-11-23-17)10-16(15)21(12)6-3-7-22-14-5-2-4-13(19)8-14/h2,4-5,8-10H,3,6-7,11,19H2,1H3. The monoisotopic (exact) mass is 325 g/mol. The van der Waals surface area contributed by atoms with Crippen LogP contribution in [0, 0.1) is 6.92 Å². The van der Waals surface area contributed by atoms with Crippen LogP contribution in [-0.2, 0) is 6.54 Å². The number of benzene rings is 2. The number of aryl methyl sites for hydroxylation is 2. The van der Waals surface area contributed by atoms with E-state index >= 15 is 0 Å². The van der Waals surface area contributed by atoms with Crippen molar-refractivity contribution in [3.63, 3.8) is 0 Å². The van der Waals surface area contributed by atoms with Crippen LogP contribution in [0.3, 0.4) is 0 Å². The van der Waals surface area contributed by atoms with Gasteiger partial charge in [-0.25, -0.2) is 4.98 Å². The van der Waals surface area contributed by atoms with Gasteiger partial charge in [-0.1, -0.05) is 6.07 Å². The molecule has 1 aliphatic heterocycles. The van der Waals surface area contributed by atoms with Gasteiger partial charge in [0, 0.05) is 30.4 Å². The Balaban J connectivity index is 1.45. The van der Waals surface area contributed by atoms with Crippen molar-refractivity contribution in [2.24, 2.45) is 0 Å². The molecule has 6 heteroatoms. The highest BCUT2D eigenvalue weighted by Gasteiger charge is 2.17. The minimum atomic E-state index is 0.273. The van der Waals surface area contributed by atoms with Crippen LogP contribution in [-0.4, -0.2) is 23.0 Å². The first-order chi connectivity index (χ1) is 11.7. The Morgan fingerprint density at radius 3 is 2.88 bits per heavy atom. The zero-order valence-electron chi connectivity index (χ0n) is 13.5. The first-order valence-corrected chi connectivity index (χ1v) is 7.95. The zero-order chi connectivity index (χ0) is 16.5. The van der Waals surface area contributed by atoms with Crippen LogP contribution in [0.2, 0.25) is 0 Å². The number of rotatable bonds is 5. The maximum absolute atomic E-state index is 5.75. The maximum Gasteiger partial charge on any atom is 0.231 e. The molecule has 1 aromatic heterocycles. The summed E-state index contributed by atoms with van der Waals surface area (Å²) in [4.78, 5) is 4.61. The van der Waals surface area contributed by atoms with Crippen LogP contribution >= 0.6 is 0 Å². The molecule has 2 heterocycles. The second-order valence-electron chi connectivity index (χ2n) is 5.78. The fraction of sp³-hybridized carbons (Fsp3) is 0.278. The van der Waals surface area contributed by atoms with Crippen LogP contribution in [0.5, 0.6) is 17.2 Å². The highest BCUT2D eigenvalue weighted by atomic mass is 16.7. The Labute approximate surface area is 139 Å². The van der Waals surface area contributed by atoms with E-state index in [0.29, 0.717) is 12.3 Å². The molecule has 0 radical (unpaired) electrons. The van der Waals surface area contributed by atoms with Gasteiger partial charge in [-0.15, -0.1) is 0 Å². The maximum atomic E-state index is 5.75. The van der Waals surface area contributed by atoms with Crippen molar-refractivity contribution in [1.29, 1.82) is 0 Å². The second kappa shape index (κ2) is 5.96. The van der Waals surface area contributed by atoms with Gasteiger partial charge in [0.2, 0.25) is 6.79 Å². The van der Waals surface area contributed by atoms with Gasteiger partial charge in [0.05, 0.1) is 17.6 Å². The Bertz CT molecular complexity index is 889. The molecule has 2 aromatic carbocycles. The number of hydrogen-bond donors (Lipinski definition) is 1. The quantitative estimate of drug-likeness (QED) is 0.576. The van der Waals surface area contributed by atoms with Crippen molar-refractivity contribution in [1.82, 2.24) is 9.55 Å². The zero-order valence-corrected chi connectivity index (χ0v) is 13.5. The third kappa shape index (κ3) is 2.71. The lowest BCUT2D eigenvalue weighted by Crippen LogP contribution is -2.06. The van der Waals surface area contributed by atoms with E-state index < -0.39 is 0 Å². The normalized spacial score (nSPS) is 12.7. The summed E-state index contributed by atoms with van der Waals surface area (Å²) in [5, 5.41) is 0. The van der Waals surface area contributed by atoms with Gasteiger partial charge in [-0.05, 0) is 25.5 Å². The van der Waals surface area contributed by atoms with Crippen molar-refractivity contribution in [3.05, 3.63) is 42.2 Å². The highest BCUT2D eigenvalue weighted by molar-refractivity contribution is 5.81. The number of nitrogens with zero attached hydrogens (tertiary/aromatic N) is 2. The smallest absolute Gasteiger partial charge is 0.231 e. The number of ether oxygens (including phenoxy) is 3. The summed E-state index contributed by atoms with van der Waals surface area (Å²) in [6.07, 6.45) is 0.871. The van der Waals surface area contributed by atoms with Crippen molar-refractivity contribution >= 4 is 16.7 Å². The van der Waals surface area contributed by atoms with Crippen molar-refractivity contribution in [2.75, 3.05) is 19.1 Å². The van der Waals surface area contributed by atoms with Crippen LogP contribution in [0.15, 0.2) is 36.4 Å². The molecule has 0 spiro atoms. The third-order valence-electron chi connectivity index (χ3n) is 4.09. The SMILES string of the molecule is Cc1nc2cc3c(cc2n1CCCOc1cccc(N)c1)OCO3. The predicted octanol–water partition coefficient (Wildman–Crippen LogP) is 3.12. The van der Waals surface area contributed by atoms with Gasteiger partial charge in [0.1, 0.15) is 11.6 Å². The molecule has 0 bridgehead atoms. The van der Waals surface area contributed by atoms with E-state index in [-0.39, 0.29) is 6.79 Å². The van der Waals surface area contributed by atoms with Gasteiger partial charge >= 0.3 is 0 Å². The summed E-state index contributed by atoms with van der Waals surface area (Å²) >= 11 is 0. The van der Waals surface area contributed by atoms with Crippen molar-refractivity contribution in [3.8, 4) is 17.2 Å². The summed E-state index contributed by atoms with van der Waals surface area (Å²) in [6.45, 7) is 3.72. The highest BCUT2D eigenvalue weighted by Crippen LogP contribution is 2.36. The molecule has 24 heavy (non-hydrogen) atoms. The average Bonchev–Trinajstić information content (AvgIpc) is 3.13. The van der Waals surface area contributed by atoms with Crippen LogP contribution in [0.4, 0.5) is 5.69 Å². The number of nitrogen functional groups attached to an aromatic ring is 1. The number of fused-ring (bicyclic) bond motifs is 2. The van der Waals surface area contributed by atoms with Gasteiger partial charge in [0.15, 0.2) is 11.5 Å². The molecule has 0 amide bonds. The van der Waals surface area contributed by atoms with E-state index in [0.717, 1.165) is 47.1 Å². The molecule has 0 saturated heterocycles. The minimum absolute atomic E-state index is 0.273. The van der Waals surface area contributed by atoms with E-state index in [4.69, 9.17) is 19.9 Å². The predicted molar refractivity (Wildman–Crippen MR) is 91.6 cm³/mol. The van der Waals surface area contributed by atoms with Gasteiger partial charge in [-0.2, -0.15) is 0 Å². The topological polar surface area (TPSA) is 71.5 Å². The number of nitrogens with two attached hydrogens (primary N) is 1. The minimum Gasteiger partial charge on any atom is -0.493 e. The summed E-state index contributed by atoms with van der Waals surface area (Å²) in [6, 6.07) is 11.4. The molecule has 2 N–H and O–H groups in total. The summed E-state index contributed by atoms with van der Waals surface area (Å²) in [5.74, 6) is 3.31. The molecule has 0 aliphatic carbocycles.